The molecule has 4 rings (SSSR count). The molecule has 1 fully saturated rings. The van der Waals surface area contributed by atoms with Crippen molar-refractivity contribution in [2.75, 3.05) is 42.9 Å². The molecule has 1 saturated heterocycles. The summed E-state index contributed by atoms with van der Waals surface area (Å²) in [4.78, 5) is 20.3. The molecular weight excluding hydrogens is 316 g/mol. The molecule has 130 valence electrons. The highest BCUT2D eigenvalue weighted by atomic mass is 16.5. The Morgan fingerprint density at radius 1 is 1.16 bits per heavy atom. The van der Waals surface area contributed by atoms with Crippen molar-refractivity contribution in [2.45, 2.75) is 12.5 Å². The van der Waals surface area contributed by atoms with Gasteiger partial charge in [-0.3, -0.25) is 4.79 Å². The van der Waals surface area contributed by atoms with Gasteiger partial charge in [-0.15, -0.1) is 0 Å². The Morgan fingerprint density at radius 2 is 1.96 bits per heavy atom. The molecule has 0 spiro atoms. The Bertz CT molecular complexity index is 729. The predicted octanol–water partition coefficient (Wildman–Crippen LogP) is 0.576. The summed E-state index contributed by atoms with van der Waals surface area (Å²) in [6.45, 7) is 5.20. The van der Waals surface area contributed by atoms with E-state index in [4.69, 9.17) is 4.74 Å². The van der Waals surface area contributed by atoms with Crippen LogP contribution >= 0.6 is 0 Å². The lowest BCUT2D eigenvalue weighted by atomic mass is 10.1. The van der Waals surface area contributed by atoms with Crippen LogP contribution in [0.15, 0.2) is 48.7 Å². The average molecular weight is 339 g/mol. The Labute approximate surface area is 147 Å². The second kappa shape index (κ2) is 7.11. The van der Waals surface area contributed by atoms with Gasteiger partial charge in [0.1, 0.15) is 0 Å². The molecule has 1 amide bonds. The number of anilines is 2. The van der Waals surface area contributed by atoms with Crippen LogP contribution in [0.25, 0.3) is 0 Å². The summed E-state index contributed by atoms with van der Waals surface area (Å²) in [7, 11) is 0. The van der Waals surface area contributed by atoms with Crippen LogP contribution in [-0.4, -0.2) is 49.7 Å². The molecule has 25 heavy (non-hydrogen) atoms. The summed E-state index contributed by atoms with van der Waals surface area (Å²) >= 11 is 0. The number of ether oxygens (including phenoxy) is 1. The maximum atomic E-state index is 12.2. The quantitative estimate of drug-likeness (QED) is 0.855. The molecule has 2 aliphatic heterocycles. The summed E-state index contributed by atoms with van der Waals surface area (Å²) < 4.78 is 5.83. The van der Waals surface area contributed by atoms with E-state index in [0.717, 1.165) is 39.1 Å². The monoisotopic (exact) mass is 339 g/mol. The molecule has 1 atom stereocenters. The van der Waals surface area contributed by atoms with Gasteiger partial charge in [0.25, 0.3) is 5.91 Å². The van der Waals surface area contributed by atoms with Crippen molar-refractivity contribution < 1.29 is 14.4 Å². The molecule has 0 radical (unpaired) electrons. The maximum Gasteiger partial charge on any atom is 0.266 e. The molecule has 6 nitrogen and oxygen atoms in total. The number of hydrogen-bond acceptors (Lipinski definition) is 4. The van der Waals surface area contributed by atoms with Crippen LogP contribution in [0.1, 0.15) is 6.42 Å². The number of piperazine rings is 1. The van der Waals surface area contributed by atoms with Gasteiger partial charge in [-0.25, -0.2) is 4.98 Å². The van der Waals surface area contributed by atoms with Crippen molar-refractivity contribution >= 4 is 17.4 Å². The Hall–Kier alpha value is -2.60. The zero-order valence-electron chi connectivity index (χ0n) is 14.1. The molecule has 0 unspecified atom stereocenters. The summed E-state index contributed by atoms with van der Waals surface area (Å²) in [5.41, 5.74) is 1.29. The van der Waals surface area contributed by atoms with Crippen LogP contribution in [0, 0.1) is 0 Å². The van der Waals surface area contributed by atoms with Crippen molar-refractivity contribution in [3.8, 4) is 5.75 Å². The number of rotatable bonds is 4. The van der Waals surface area contributed by atoms with Crippen LogP contribution in [-0.2, 0) is 4.79 Å². The molecule has 2 aromatic rings. The number of nitrogens with zero attached hydrogens (tertiary/aromatic N) is 2. The molecule has 3 heterocycles. The van der Waals surface area contributed by atoms with Crippen molar-refractivity contribution in [3.05, 3.63) is 48.7 Å². The smallest absolute Gasteiger partial charge is 0.266 e. The number of hydrogen-bond donors (Lipinski definition) is 2. The lowest BCUT2D eigenvalue weighted by Gasteiger charge is -2.34. The third-order valence-corrected chi connectivity index (χ3v) is 4.93. The van der Waals surface area contributed by atoms with Gasteiger partial charge in [0, 0.05) is 18.3 Å². The minimum Gasteiger partial charge on any atom is -0.476 e. The molecule has 1 aromatic carbocycles. The van der Waals surface area contributed by atoms with E-state index in [1.807, 2.05) is 18.2 Å². The van der Waals surface area contributed by atoms with Gasteiger partial charge in [-0.05, 0) is 24.3 Å². The molecular formula is C19H23N4O2+. The third kappa shape index (κ3) is 3.58. The molecule has 0 bridgehead atoms. The van der Waals surface area contributed by atoms with E-state index < -0.39 is 6.10 Å². The Morgan fingerprint density at radius 3 is 2.76 bits per heavy atom. The number of benzene rings is 1. The van der Waals surface area contributed by atoms with Gasteiger partial charge >= 0.3 is 0 Å². The topological polar surface area (TPSA) is 58.9 Å². The largest absolute Gasteiger partial charge is 0.476 e. The number of carbonyl (C=O) groups excluding carboxylic acids is 1. The number of quaternary nitrogens is 1. The summed E-state index contributed by atoms with van der Waals surface area (Å²) in [5.74, 6) is 1.09. The summed E-state index contributed by atoms with van der Waals surface area (Å²) in [5, 5.41) is 2.83. The van der Waals surface area contributed by atoms with Crippen LogP contribution in [0.3, 0.4) is 0 Å². The first-order valence-corrected chi connectivity index (χ1v) is 8.86. The molecule has 6 heteroatoms. The SMILES string of the molecule is O=C1Nc2ncccc2O[C@H]1CC[NH+]1CCN(c2ccccc2)CC1. The van der Waals surface area contributed by atoms with E-state index in [0.29, 0.717) is 11.6 Å². The predicted molar refractivity (Wildman–Crippen MR) is 96.1 cm³/mol. The second-order valence-corrected chi connectivity index (χ2v) is 6.56. The van der Waals surface area contributed by atoms with E-state index in [-0.39, 0.29) is 5.91 Å². The lowest BCUT2D eigenvalue weighted by Crippen LogP contribution is -3.15. The number of fused-ring (bicyclic) bond motifs is 1. The number of aromatic nitrogens is 1. The average Bonchev–Trinajstić information content (AvgIpc) is 2.67. The maximum absolute atomic E-state index is 12.2. The summed E-state index contributed by atoms with van der Waals surface area (Å²) in [6, 6.07) is 14.2. The van der Waals surface area contributed by atoms with E-state index in [2.05, 4.69) is 39.5 Å². The normalized spacial score (nSPS) is 20.6. The van der Waals surface area contributed by atoms with Crippen molar-refractivity contribution in [3.63, 3.8) is 0 Å². The molecule has 1 aromatic heterocycles. The summed E-state index contributed by atoms with van der Waals surface area (Å²) in [6.07, 6.45) is 1.95. The highest BCUT2D eigenvalue weighted by Crippen LogP contribution is 2.27. The van der Waals surface area contributed by atoms with Crippen molar-refractivity contribution in [1.29, 1.82) is 0 Å². The molecule has 2 aliphatic rings. The zero-order chi connectivity index (χ0) is 17.1. The first-order valence-electron chi connectivity index (χ1n) is 8.86. The number of nitrogens with one attached hydrogen (secondary N) is 2. The van der Waals surface area contributed by atoms with Crippen molar-refractivity contribution in [1.82, 2.24) is 4.98 Å². The highest BCUT2D eigenvalue weighted by Gasteiger charge is 2.30. The fourth-order valence-electron chi connectivity index (χ4n) is 3.48. The van der Waals surface area contributed by atoms with Crippen molar-refractivity contribution in [2.24, 2.45) is 0 Å². The fourth-order valence-corrected chi connectivity index (χ4v) is 3.48. The van der Waals surface area contributed by atoms with Gasteiger partial charge in [0.15, 0.2) is 17.7 Å². The minimum absolute atomic E-state index is 0.0893. The fraction of sp³-hybridized carbons (Fsp3) is 0.368. The standard InChI is InChI=1S/C19H22N4O2/c24-19-17(25-16-7-4-9-20-18(16)21-19)8-10-22-11-13-23(14-12-22)15-5-2-1-3-6-15/h1-7,9,17H,8,10-14H2,(H,20,21,24)/p+1/t17-/m0/s1. The Balaban J connectivity index is 1.28. The van der Waals surface area contributed by atoms with E-state index in [1.54, 1.807) is 6.20 Å². The van der Waals surface area contributed by atoms with Gasteiger partial charge < -0.3 is 19.9 Å². The molecule has 0 aliphatic carbocycles. The molecule has 2 N–H and O–H groups in total. The first kappa shape index (κ1) is 15.9. The third-order valence-electron chi connectivity index (χ3n) is 4.93. The van der Waals surface area contributed by atoms with E-state index in [1.165, 1.54) is 10.6 Å². The van der Waals surface area contributed by atoms with Crippen LogP contribution in [0.2, 0.25) is 0 Å². The minimum atomic E-state index is -0.420. The zero-order valence-corrected chi connectivity index (χ0v) is 14.1. The van der Waals surface area contributed by atoms with E-state index in [9.17, 15) is 4.79 Å². The van der Waals surface area contributed by atoms with Crippen LogP contribution < -0.4 is 19.9 Å². The van der Waals surface area contributed by atoms with Gasteiger partial charge in [0.2, 0.25) is 0 Å². The van der Waals surface area contributed by atoms with Gasteiger partial charge in [-0.2, -0.15) is 0 Å². The number of pyridine rings is 1. The Kier molecular flexibility index (Phi) is 4.52. The van der Waals surface area contributed by atoms with E-state index >= 15 is 0 Å². The first-order chi connectivity index (χ1) is 12.3. The van der Waals surface area contributed by atoms with Gasteiger partial charge in [-0.1, -0.05) is 18.2 Å². The lowest BCUT2D eigenvalue weighted by molar-refractivity contribution is -0.901. The highest BCUT2D eigenvalue weighted by molar-refractivity contribution is 5.96. The number of para-hydroxylation sites is 1. The second-order valence-electron chi connectivity index (χ2n) is 6.56. The molecule has 0 saturated carbocycles. The van der Waals surface area contributed by atoms with Crippen LogP contribution in [0.5, 0.6) is 5.75 Å². The van der Waals surface area contributed by atoms with Gasteiger partial charge in [0.05, 0.1) is 32.7 Å². The number of amides is 1. The van der Waals surface area contributed by atoms with Crippen LogP contribution in [0.4, 0.5) is 11.5 Å². The number of carbonyl (C=O) groups is 1.